The van der Waals surface area contributed by atoms with Crippen molar-refractivity contribution in [3.05, 3.63) is 53.0 Å². The molecule has 3 rings (SSSR count). The molecule has 0 saturated heterocycles. The van der Waals surface area contributed by atoms with E-state index in [0.29, 0.717) is 16.6 Å². The Morgan fingerprint density at radius 1 is 1.11 bits per heavy atom. The maximum absolute atomic E-state index is 11.8. The van der Waals surface area contributed by atoms with Crippen LogP contribution in [-0.2, 0) is 0 Å². The minimum atomic E-state index is -0.522. The van der Waals surface area contributed by atoms with Gasteiger partial charge in [-0.05, 0) is 24.3 Å². The van der Waals surface area contributed by atoms with E-state index >= 15 is 0 Å². The molecule has 0 amide bonds. The molecule has 0 aliphatic carbocycles. The van der Waals surface area contributed by atoms with Gasteiger partial charge in [0.2, 0.25) is 5.89 Å². The van der Waals surface area contributed by atoms with E-state index in [4.69, 9.17) is 4.42 Å². The molecule has 1 N–H and O–H groups in total. The lowest BCUT2D eigenvalue weighted by Gasteiger charge is -2.02. The molecule has 0 bridgehead atoms. The molecule has 5 heteroatoms. The zero-order chi connectivity index (χ0) is 12.5. The van der Waals surface area contributed by atoms with Crippen molar-refractivity contribution in [1.29, 1.82) is 0 Å². The third-order valence-corrected chi connectivity index (χ3v) is 2.54. The number of aromatic hydroxyl groups is 1. The van der Waals surface area contributed by atoms with Crippen molar-refractivity contribution in [2.45, 2.75) is 0 Å². The highest BCUT2D eigenvalue weighted by atomic mass is 16.4. The van der Waals surface area contributed by atoms with Crippen LogP contribution in [0.5, 0.6) is 5.75 Å². The molecule has 0 spiro atoms. The van der Waals surface area contributed by atoms with E-state index in [0.717, 1.165) is 0 Å². The molecule has 5 nitrogen and oxygen atoms in total. The van der Waals surface area contributed by atoms with Crippen LogP contribution >= 0.6 is 0 Å². The number of rotatable bonds is 1. The number of hydrogen-bond acceptors (Lipinski definition) is 5. The second-order valence-corrected chi connectivity index (χ2v) is 3.70. The zero-order valence-corrected chi connectivity index (χ0v) is 9.20. The third kappa shape index (κ3) is 1.62. The smallest absolute Gasteiger partial charge is 0.348 e. The Morgan fingerprint density at radius 2 is 1.94 bits per heavy atom. The van der Waals surface area contributed by atoms with Crippen molar-refractivity contribution in [2.24, 2.45) is 0 Å². The summed E-state index contributed by atoms with van der Waals surface area (Å²) in [6.45, 7) is 0. The molecule has 0 saturated carbocycles. The van der Waals surface area contributed by atoms with Crippen molar-refractivity contribution in [1.82, 2.24) is 9.97 Å². The van der Waals surface area contributed by atoms with E-state index in [1.807, 2.05) is 0 Å². The van der Waals surface area contributed by atoms with Gasteiger partial charge in [-0.2, -0.15) is 4.98 Å². The summed E-state index contributed by atoms with van der Waals surface area (Å²) in [6, 6.07) is 9.75. The normalized spacial score (nSPS) is 10.7. The van der Waals surface area contributed by atoms with Gasteiger partial charge in [0.05, 0.1) is 5.56 Å². The van der Waals surface area contributed by atoms with Gasteiger partial charge in [-0.3, -0.25) is 0 Å². The van der Waals surface area contributed by atoms with Crippen LogP contribution < -0.4 is 5.63 Å². The maximum atomic E-state index is 11.8. The van der Waals surface area contributed by atoms with Crippen molar-refractivity contribution in [3.63, 3.8) is 0 Å². The molecule has 88 valence electrons. The average molecular weight is 240 g/mol. The molecule has 18 heavy (non-hydrogen) atoms. The summed E-state index contributed by atoms with van der Waals surface area (Å²) < 4.78 is 5.09. The van der Waals surface area contributed by atoms with E-state index in [1.165, 1.54) is 6.07 Å². The molecule has 2 aromatic heterocycles. The van der Waals surface area contributed by atoms with Gasteiger partial charge in [0.25, 0.3) is 0 Å². The molecule has 0 radical (unpaired) electrons. The van der Waals surface area contributed by atoms with E-state index < -0.39 is 5.63 Å². The van der Waals surface area contributed by atoms with Crippen LogP contribution in [0.3, 0.4) is 0 Å². The van der Waals surface area contributed by atoms with Crippen molar-refractivity contribution >= 4 is 11.0 Å². The molecule has 0 fully saturated rings. The van der Waals surface area contributed by atoms with E-state index in [1.54, 1.807) is 36.5 Å². The fourth-order valence-electron chi connectivity index (χ4n) is 1.68. The van der Waals surface area contributed by atoms with Crippen molar-refractivity contribution < 1.29 is 9.52 Å². The summed E-state index contributed by atoms with van der Waals surface area (Å²) in [6.07, 6.45) is 1.55. The lowest BCUT2D eigenvalue weighted by molar-refractivity contribution is 0.468. The number of aromatic nitrogens is 2. The highest BCUT2D eigenvalue weighted by molar-refractivity contribution is 5.75. The monoisotopic (exact) mass is 240 g/mol. The summed E-state index contributed by atoms with van der Waals surface area (Å²) in [5.41, 5.74) is 0.139. The van der Waals surface area contributed by atoms with Crippen LogP contribution in [0, 0.1) is 0 Å². The van der Waals surface area contributed by atoms with E-state index in [9.17, 15) is 9.90 Å². The predicted molar refractivity (Wildman–Crippen MR) is 65.2 cm³/mol. The SMILES string of the molecule is O=c1oc(-c2ccccc2O)nc2ncccc12. The number of phenols is 1. The standard InChI is InChI=1S/C13H8N2O3/c16-10-6-2-1-4-8(10)12-15-11-9(13(17)18-12)5-3-7-14-11/h1-7,16H. The van der Waals surface area contributed by atoms with E-state index in [2.05, 4.69) is 9.97 Å². The second-order valence-electron chi connectivity index (χ2n) is 3.70. The first-order valence-electron chi connectivity index (χ1n) is 5.30. The second kappa shape index (κ2) is 3.96. The van der Waals surface area contributed by atoms with Gasteiger partial charge < -0.3 is 9.52 Å². The van der Waals surface area contributed by atoms with Gasteiger partial charge >= 0.3 is 5.63 Å². The van der Waals surface area contributed by atoms with Crippen LogP contribution in [0.1, 0.15) is 0 Å². The predicted octanol–water partition coefficient (Wildman–Crippen LogP) is 1.96. The Labute approximate surface area is 101 Å². The number of para-hydroxylation sites is 1. The van der Waals surface area contributed by atoms with Gasteiger partial charge in [-0.15, -0.1) is 0 Å². The number of hydrogen-bond donors (Lipinski definition) is 1. The Kier molecular flexibility index (Phi) is 2.30. The lowest BCUT2D eigenvalue weighted by atomic mass is 10.2. The Hall–Kier alpha value is -2.69. The summed E-state index contributed by atoms with van der Waals surface area (Å²) in [7, 11) is 0. The van der Waals surface area contributed by atoms with Crippen LogP contribution in [0.25, 0.3) is 22.5 Å². The summed E-state index contributed by atoms with van der Waals surface area (Å²) in [4.78, 5) is 19.9. The maximum Gasteiger partial charge on any atom is 0.348 e. The van der Waals surface area contributed by atoms with Gasteiger partial charge in [0.15, 0.2) is 5.65 Å². The highest BCUT2D eigenvalue weighted by Crippen LogP contribution is 2.26. The largest absolute Gasteiger partial charge is 0.507 e. The van der Waals surface area contributed by atoms with Crippen LogP contribution in [-0.4, -0.2) is 15.1 Å². The zero-order valence-electron chi connectivity index (χ0n) is 9.20. The topological polar surface area (TPSA) is 76.2 Å². The van der Waals surface area contributed by atoms with Crippen LogP contribution in [0.4, 0.5) is 0 Å². The Balaban J connectivity index is 2.32. The number of pyridine rings is 1. The Bertz CT molecular complexity index is 780. The number of nitrogens with zero attached hydrogens (tertiary/aromatic N) is 2. The summed E-state index contributed by atoms with van der Waals surface area (Å²) in [5.74, 6) is 0.0627. The molecular formula is C13H8N2O3. The lowest BCUT2D eigenvalue weighted by Crippen LogP contribution is -2.03. The van der Waals surface area contributed by atoms with Gasteiger partial charge in [0.1, 0.15) is 11.1 Å². The van der Waals surface area contributed by atoms with Gasteiger partial charge in [0, 0.05) is 6.20 Å². The molecule has 0 aliphatic heterocycles. The fourth-order valence-corrected chi connectivity index (χ4v) is 1.68. The molecule has 0 aliphatic rings. The number of fused-ring (bicyclic) bond motifs is 1. The van der Waals surface area contributed by atoms with E-state index in [-0.39, 0.29) is 11.6 Å². The molecule has 0 unspecified atom stereocenters. The Morgan fingerprint density at radius 3 is 2.78 bits per heavy atom. The quantitative estimate of drug-likeness (QED) is 0.703. The first kappa shape index (κ1) is 10.5. The minimum absolute atomic E-state index is 0.00318. The summed E-state index contributed by atoms with van der Waals surface area (Å²) in [5, 5.41) is 10.0. The summed E-state index contributed by atoms with van der Waals surface area (Å²) >= 11 is 0. The molecule has 0 atom stereocenters. The van der Waals surface area contributed by atoms with Crippen LogP contribution in [0.15, 0.2) is 51.8 Å². The first-order valence-corrected chi connectivity index (χ1v) is 5.30. The molecule has 3 aromatic rings. The first-order chi connectivity index (χ1) is 8.75. The highest BCUT2D eigenvalue weighted by Gasteiger charge is 2.11. The number of phenolic OH excluding ortho intramolecular Hbond substituents is 1. The average Bonchev–Trinajstić information content (AvgIpc) is 2.39. The molecule has 1 aromatic carbocycles. The molecule has 2 heterocycles. The third-order valence-electron chi connectivity index (χ3n) is 2.54. The van der Waals surface area contributed by atoms with Crippen molar-refractivity contribution in [2.75, 3.05) is 0 Å². The van der Waals surface area contributed by atoms with Gasteiger partial charge in [-0.1, -0.05) is 12.1 Å². The van der Waals surface area contributed by atoms with Crippen LogP contribution in [0.2, 0.25) is 0 Å². The van der Waals surface area contributed by atoms with Crippen molar-refractivity contribution in [3.8, 4) is 17.2 Å². The minimum Gasteiger partial charge on any atom is -0.507 e. The number of benzene rings is 1. The molecular weight excluding hydrogens is 232 g/mol. The fraction of sp³-hybridized carbons (Fsp3) is 0. The van der Waals surface area contributed by atoms with Gasteiger partial charge in [-0.25, -0.2) is 9.78 Å².